The van der Waals surface area contributed by atoms with Crippen LogP contribution in [0.1, 0.15) is 182 Å². The van der Waals surface area contributed by atoms with Gasteiger partial charge in [0, 0.05) is 6.42 Å². The fourth-order valence-electron chi connectivity index (χ4n) is 10.7. The van der Waals surface area contributed by atoms with E-state index in [0.29, 0.717) is 30.8 Å². The van der Waals surface area contributed by atoms with E-state index in [1.807, 2.05) is 93.6 Å². The van der Waals surface area contributed by atoms with Crippen molar-refractivity contribution in [1.29, 1.82) is 1.34 Å². The van der Waals surface area contributed by atoms with E-state index in [1.54, 1.807) is 48.5 Å². The first-order chi connectivity index (χ1) is 42.8. The van der Waals surface area contributed by atoms with Gasteiger partial charge in [-0.2, -0.15) is 0 Å². The topological polar surface area (TPSA) is 173 Å². The van der Waals surface area contributed by atoms with Crippen molar-refractivity contribution in [3.63, 3.8) is 0 Å². The minimum absolute atomic E-state index is 0.188. The molecule has 5 rings (SSSR count). The smallest absolute Gasteiger partial charge is 0.471 e. The Morgan fingerprint density at radius 1 is 0.636 bits per heavy atom. The zero-order valence-electron chi connectivity index (χ0n) is 53.6. The molecule has 1 saturated heterocycles. The maximum absolute atomic E-state index is 15.2. The first-order valence-corrected chi connectivity index (χ1v) is 36.0. The summed E-state index contributed by atoms with van der Waals surface area (Å²) in [5.41, 5.74) is 0. The highest BCUT2D eigenvalue weighted by molar-refractivity contribution is 7.42. The minimum atomic E-state index is -3.72. The monoisotopic (exact) mass is 1320 g/mol. The standard InChI is InChI=1S/C67H96BCl3NO14PSi/c1-7-9-11-13-15-17-18-20-22-24-38-48-58(73)79-54(43-29-23-21-19-16-14-12-10-8-2)49-59(74)81-62-60(72-65(76)78-51-67(69,70)71)63(85-88(66(3,4)5,55-44-34-27-35-45-55)56-46-36-28-37-47-56)80-57(50-77-64(75)68-6)61(62)82-86-87(83-52-39-30-25-31-40-52)84-53-41-32-26-33-42-53/h25-28,30-37,39-42,44-47,54,57,60-63,68H,7-24,29,38,43,48-51H2,1-6H3,(H,72,76)/i68T. The van der Waals surface area contributed by atoms with Gasteiger partial charge in [-0.3, -0.25) is 14.4 Å². The fraction of sp³-hybridized carbons (Fsp3) is 0.582. The van der Waals surface area contributed by atoms with Gasteiger partial charge in [0.2, 0.25) is 9.66 Å². The SMILES string of the molecule is [3H]B(C)C(=O)OCC1OC(O[Si](c2ccccc2)(c2ccccc2)C(C)(C)C)C(NC(=O)OCC(Cl)(Cl)Cl)C(OC(=O)CC(CCCCCCCCCCC)OC(=O)CCCCCCCCCCCCC)C1OOP(Oc1ccccc1)Oc1ccccc1. The summed E-state index contributed by atoms with van der Waals surface area (Å²) >= 11 is 18.4. The summed E-state index contributed by atoms with van der Waals surface area (Å²) in [5.74, 6) is -1.47. The second-order valence-corrected chi connectivity index (χ2v) is 31.2. The molecule has 1 heterocycles. The Balaban J connectivity index is 1.59. The van der Waals surface area contributed by atoms with Gasteiger partial charge in [0.05, 0.1) is 6.42 Å². The van der Waals surface area contributed by atoms with E-state index in [9.17, 15) is 14.4 Å². The lowest BCUT2D eigenvalue weighted by molar-refractivity contribution is -0.339. The van der Waals surface area contributed by atoms with Gasteiger partial charge in [-0.15, -0.1) is 4.67 Å². The lowest BCUT2D eigenvalue weighted by Crippen LogP contribution is -2.73. The van der Waals surface area contributed by atoms with Crippen LogP contribution in [0.2, 0.25) is 11.9 Å². The summed E-state index contributed by atoms with van der Waals surface area (Å²) in [7, 11) is -7.57. The van der Waals surface area contributed by atoms with Crippen LogP contribution < -0.4 is 24.7 Å². The summed E-state index contributed by atoms with van der Waals surface area (Å²) in [6.45, 7) is 10.6. The van der Waals surface area contributed by atoms with E-state index < -0.39 is 113 Å². The van der Waals surface area contributed by atoms with E-state index in [2.05, 4.69) is 19.2 Å². The molecule has 21 heteroatoms. The van der Waals surface area contributed by atoms with Crippen LogP contribution in [0.15, 0.2) is 121 Å². The summed E-state index contributed by atoms with van der Waals surface area (Å²) in [5, 5.41) is 3.76. The molecule has 1 fully saturated rings. The van der Waals surface area contributed by atoms with Crippen LogP contribution in [0.4, 0.5) is 9.59 Å². The molecule has 88 heavy (non-hydrogen) atoms. The molecular formula is C67H96BCl3NO14PSi. The van der Waals surface area contributed by atoms with Gasteiger partial charge in [0.25, 0.3) is 15.6 Å². The number of esters is 2. The summed E-state index contributed by atoms with van der Waals surface area (Å²) in [4.78, 5) is 63.1. The Kier molecular flexibility index (Phi) is 34.0. The van der Waals surface area contributed by atoms with E-state index in [0.717, 1.165) is 55.3 Å². The van der Waals surface area contributed by atoms with E-state index in [-0.39, 0.29) is 6.42 Å². The van der Waals surface area contributed by atoms with Gasteiger partial charge in [0.1, 0.15) is 43.0 Å². The number of unbranched alkanes of at least 4 members (excludes halogenated alkanes) is 18. The molecule has 6 unspecified atom stereocenters. The summed E-state index contributed by atoms with van der Waals surface area (Å²) in [6.07, 6.45) is 13.6. The number of para-hydroxylation sites is 2. The van der Waals surface area contributed by atoms with E-state index in [4.69, 9.17) is 82.9 Å². The first kappa shape index (κ1) is 72.6. The molecule has 0 saturated carbocycles. The Morgan fingerprint density at radius 2 is 1.10 bits per heavy atom. The molecule has 0 radical (unpaired) electrons. The Hall–Kier alpha value is -4.42. The highest BCUT2D eigenvalue weighted by Crippen LogP contribution is 2.45. The average molecular weight is 1320 g/mol. The highest BCUT2D eigenvalue weighted by atomic mass is 35.6. The number of alkyl carbamates (subject to hydrolysis) is 1. The molecule has 1 N–H and O–H groups in total. The van der Waals surface area contributed by atoms with Crippen molar-refractivity contribution >= 4 is 93.2 Å². The van der Waals surface area contributed by atoms with E-state index >= 15 is 4.79 Å². The molecule has 1 aliphatic heterocycles. The number of alkyl halides is 3. The van der Waals surface area contributed by atoms with Gasteiger partial charge in [-0.25, -0.2) is 9.68 Å². The number of ether oxygens (including phenoxy) is 5. The molecule has 15 nitrogen and oxygen atoms in total. The third-order valence-electron chi connectivity index (χ3n) is 15.3. The summed E-state index contributed by atoms with van der Waals surface area (Å²) in [6, 6.07) is 35.1. The number of carbonyl (C=O) groups is 4. The molecule has 0 bridgehead atoms. The van der Waals surface area contributed by atoms with Crippen LogP contribution in [0.25, 0.3) is 0 Å². The van der Waals surface area contributed by atoms with Crippen molar-refractivity contribution in [2.24, 2.45) is 0 Å². The van der Waals surface area contributed by atoms with Crippen LogP contribution in [0.3, 0.4) is 0 Å². The minimum Gasteiger partial charge on any atom is -0.471 e. The van der Waals surface area contributed by atoms with Crippen LogP contribution in [0.5, 0.6) is 11.5 Å². The molecule has 0 spiro atoms. The number of rotatable bonds is 42. The molecule has 4 aromatic carbocycles. The van der Waals surface area contributed by atoms with Crippen LogP contribution >= 0.6 is 43.4 Å². The Morgan fingerprint density at radius 3 is 1.57 bits per heavy atom. The van der Waals surface area contributed by atoms with Crippen LogP contribution in [-0.4, -0.2) is 94.6 Å². The van der Waals surface area contributed by atoms with Gasteiger partial charge in [-0.1, -0.05) is 289 Å². The number of halogens is 3. The second kappa shape index (κ2) is 41.1. The average Bonchev–Trinajstić information content (AvgIpc) is 0.881. The van der Waals surface area contributed by atoms with Gasteiger partial charge >= 0.3 is 26.6 Å². The Labute approximate surface area is 543 Å². The Bertz CT molecular complexity index is 2520. The van der Waals surface area contributed by atoms with Crippen molar-refractivity contribution in [2.45, 2.75) is 235 Å². The predicted octanol–water partition coefficient (Wildman–Crippen LogP) is 16.9. The van der Waals surface area contributed by atoms with Crippen molar-refractivity contribution in [1.82, 2.24) is 5.32 Å². The quantitative estimate of drug-likeness (QED) is 0.00649. The highest BCUT2D eigenvalue weighted by Gasteiger charge is 2.58. The van der Waals surface area contributed by atoms with Gasteiger partial charge in [0.15, 0.2) is 18.5 Å². The molecule has 6 atom stereocenters. The number of carbonyl (C=O) groups excluding carboxylic acids is 4. The van der Waals surface area contributed by atoms with Gasteiger partial charge < -0.3 is 42.5 Å². The largest absolute Gasteiger partial charge is 0.493 e. The first-order valence-electron chi connectivity index (χ1n) is 32.4. The lowest BCUT2D eigenvalue weighted by atomic mass is 9.83. The molecule has 0 aliphatic carbocycles. The molecule has 1 aliphatic rings. The van der Waals surface area contributed by atoms with Crippen molar-refractivity contribution < 1.29 is 65.9 Å². The molecule has 486 valence electrons. The molecule has 0 aromatic heterocycles. The van der Waals surface area contributed by atoms with Crippen molar-refractivity contribution in [2.75, 3.05) is 13.2 Å². The van der Waals surface area contributed by atoms with Crippen molar-refractivity contribution in [3.05, 3.63) is 121 Å². The van der Waals surface area contributed by atoms with Crippen LogP contribution in [-0.2, 0) is 47.3 Å². The molecule has 4 aromatic rings. The normalized spacial score (nSPS) is 17.5. The number of nitrogens with one attached hydrogen (secondary N) is 1. The maximum Gasteiger partial charge on any atom is 0.493 e. The maximum atomic E-state index is 15.2. The summed E-state index contributed by atoms with van der Waals surface area (Å²) < 4.78 is 63.7. The number of amides is 1. The number of benzene rings is 4. The zero-order chi connectivity index (χ0) is 64.3. The molecule has 1 amide bonds. The predicted molar refractivity (Wildman–Crippen MR) is 355 cm³/mol. The zero-order valence-corrected chi connectivity index (χ0v) is 56.7. The number of hydrogen-bond acceptors (Lipinski definition) is 14. The second-order valence-electron chi connectivity index (χ2n) is 23.4. The van der Waals surface area contributed by atoms with Gasteiger partial charge in [-0.05, 0) is 60.3 Å². The third-order valence-corrected chi connectivity index (χ3v) is 21.5. The van der Waals surface area contributed by atoms with Crippen LogP contribution in [0, 0.1) is 0 Å². The number of hydrogen-bond donors (Lipinski definition) is 1. The lowest BCUT2D eigenvalue weighted by Gasteiger charge is -2.50. The molecular weight excluding hydrogens is 1220 g/mol. The fourth-order valence-corrected chi connectivity index (χ4v) is 16.3. The van der Waals surface area contributed by atoms with Crippen molar-refractivity contribution in [3.8, 4) is 11.5 Å². The third kappa shape index (κ3) is 27.2. The van der Waals surface area contributed by atoms with E-state index in [1.165, 1.54) is 77.5 Å².